The quantitative estimate of drug-likeness (QED) is 0.808. The van der Waals surface area contributed by atoms with Crippen LogP contribution in [0.25, 0.3) is 0 Å². The van der Waals surface area contributed by atoms with Gasteiger partial charge in [-0.05, 0) is 34.1 Å². The molecule has 0 heterocycles. The molecule has 1 rings (SSSR count). The summed E-state index contributed by atoms with van der Waals surface area (Å²) in [5.41, 5.74) is 0.382. The lowest BCUT2D eigenvalue weighted by Gasteiger charge is -2.10. The summed E-state index contributed by atoms with van der Waals surface area (Å²) in [7, 11) is 0. The van der Waals surface area contributed by atoms with Crippen LogP contribution >= 0.6 is 31.9 Å². The number of amides is 2. The third kappa shape index (κ3) is 5.40. The van der Waals surface area contributed by atoms with E-state index in [-0.39, 0.29) is 0 Å². The molecule has 1 aromatic rings. The Morgan fingerprint density at radius 1 is 1.29 bits per heavy atom. The van der Waals surface area contributed by atoms with Crippen LogP contribution in [0.4, 0.5) is 23.7 Å². The van der Waals surface area contributed by atoms with E-state index in [1.165, 1.54) is 0 Å². The van der Waals surface area contributed by atoms with Gasteiger partial charge in [0.1, 0.15) is 6.54 Å². The predicted molar refractivity (Wildman–Crippen MR) is 64.9 cm³/mol. The van der Waals surface area contributed by atoms with Crippen LogP contribution in [0, 0.1) is 0 Å². The molecule has 8 heteroatoms. The van der Waals surface area contributed by atoms with Crippen molar-refractivity contribution in [3.8, 4) is 0 Å². The number of hydrogen-bond acceptors (Lipinski definition) is 1. The fraction of sp³-hybridized carbons (Fsp3) is 0.222. The minimum atomic E-state index is -4.42. The van der Waals surface area contributed by atoms with Gasteiger partial charge in [0, 0.05) is 8.95 Å². The standard InChI is InChI=1S/C9H7Br2F3N2O/c10-5-1-2-7(6(11)3-5)16-8(17)15-4-9(12,13)14/h1-3H,4H2,(H2,15,16,17). The van der Waals surface area contributed by atoms with Crippen LogP contribution in [0.1, 0.15) is 0 Å². The van der Waals surface area contributed by atoms with E-state index in [1.54, 1.807) is 23.5 Å². The molecule has 0 fully saturated rings. The summed E-state index contributed by atoms with van der Waals surface area (Å²) in [5.74, 6) is 0. The number of alkyl halides is 3. The number of urea groups is 1. The molecule has 0 aliphatic carbocycles. The molecule has 3 nitrogen and oxygen atoms in total. The van der Waals surface area contributed by atoms with E-state index in [4.69, 9.17) is 0 Å². The Morgan fingerprint density at radius 3 is 2.47 bits per heavy atom. The second kappa shape index (κ2) is 5.72. The second-order valence-corrected chi connectivity index (χ2v) is 4.82. The average Bonchev–Trinajstić information content (AvgIpc) is 2.18. The number of rotatable bonds is 2. The second-order valence-electron chi connectivity index (χ2n) is 3.05. The zero-order valence-corrected chi connectivity index (χ0v) is 11.4. The van der Waals surface area contributed by atoms with Crippen LogP contribution in [0.2, 0.25) is 0 Å². The third-order valence-corrected chi connectivity index (χ3v) is 2.78. The topological polar surface area (TPSA) is 41.1 Å². The van der Waals surface area contributed by atoms with E-state index in [2.05, 4.69) is 37.2 Å². The van der Waals surface area contributed by atoms with Crippen molar-refractivity contribution in [2.45, 2.75) is 6.18 Å². The molecule has 1 aromatic carbocycles. The maximum absolute atomic E-state index is 11.8. The zero-order chi connectivity index (χ0) is 13.1. The number of benzene rings is 1. The van der Waals surface area contributed by atoms with E-state index >= 15 is 0 Å². The molecule has 0 saturated heterocycles. The Labute approximate surface area is 112 Å². The highest BCUT2D eigenvalue weighted by molar-refractivity contribution is 9.11. The molecule has 17 heavy (non-hydrogen) atoms. The number of nitrogens with one attached hydrogen (secondary N) is 2. The summed E-state index contributed by atoms with van der Waals surface area (Å²) in [6.07, 6.45) is -4.42. The molecular weight excluding hydrogens is 369 g/mol. The van der Waals surface area contributed by atoms with Crippen molar-refractivity contribution in [1.82, 2.24) is 5.32 Å². The number of carbonyl (C=O) groups excluding carboxylic acids is 1. The monoisotopic (exact) mass is 374 g/mol. The number of hydrogen-bond donors (Lipinski definition) is 2. The first-order chi connectivity index (χ1) is 7.78. The van der Waals surface area contributed by atoms with Gasteiger partial charge in [-0.3, -0.25) is 0 Å². The van der Waals surface area contributed by atoms with Crippen molar-refractivity contribution < 1.29 is 18.0 Å². The van der Waals surface area contributed by atoms with Gasteiger partial charge < -0.3 is 10.6 Å². The van der Waals surface area contributed by atoms with Gasteiger partial charge in [-0.25, -0.2) is 4.79 Å². The fourth-order valence-electron chi connectivity index (χ4n) is 0.938. The van der Waals surface area contributed by atoms with Crippen LogP contribution < -0.4 is 10.6 Å². The lowest BCUT2D eigenvalue weighted by atomic mass is 10.3. The summed E-state index contributed by atoms with van der Waals surface area (Å²) in [6, 6.07) is 3.97. The number of anilines is 1. The van der Waals surface area contributed by atoms with Gasteiger partial charge in [-0.2, -0.15) is 13.2 Å². The van der Waals surface area contributed by atoms with Crippen LogP contribution in [0.3, 0.4) is 0 Å². The van der Waals surface area contributed by atoms with Gasteiger partial charge in [0.25, 0.3) is 0 Å². The molecule has 0 unspecified atom stereocenters. The maximum atomic E-state index is 11.8. The molecule has 0 atom stereocenters. The van der Waals surface area contributed by atoms with Gasteiger partial charge in [0.2, 0.25) is 0 Å². The highest BCUT2D eigenvalue weighted by Gasteiger charge is 2.27. The van der Waals surface area contributed by atoms with Crippen LogP contribution in [0.15, 0.2) is 27.1 Å². The van der Waals surface area contributed by atoms with Crippen LogP contribution in [0.5, 0.6) is 0 Å². The van der Waals surface area contributed by atoms with E-state index < -0.39 is 18.8 Å². The molecule has 0 spiro atoms. The fourth-order valence-corrected chi connectivity index (χ4v) is 2.08. The molecular formula is C9H7Br2F3N2O. The van der Waals surface area contributed by atoms with E-state index in [1.807, 2.05) is 0 Å². The minimum absolute atomic E-state index is 0.382. The van der Waals surface area contributed by atoms with Crippen molar-refractivity contribution in [3.05, 3.63) is 27.1 Å². The summed E-state index contributed by atoms with van der Waals surface area (Å²) >= 11 is 6.38. The van der Waals surface area contributed by atoms with E-state index in [0.717, 1.165) is 4.47 Å². The number of carbonyl (C=O) groups is 1. The largest absolute Gasteiger partial charge is 0.405 e. The van der Waals surface area contributed by atoms with Crippen LogP contribution in [-0.2, 0) is 0 Å². The molecule has 94 valence electrons. The highest BCUT2D eigenvalue weighted by atomic mass is 79.9. The molecule has 2 N–H and O–H groups in total. The lowest BCUT2D eigenvalue weighted by molar-refractivity contribution is -0.122. The predicted octanol–water partition coefficient (Wildman–Crippen LogP) is 3.90. The van der Waals surface area contributed by atoms with Crippen LogP contribution in [-0.4, -0.2) is 18.8 Å². The Hall–Kier alpha value is -0.760. The normalized spacial score (nSPS) is 11.1. The molecule has 0 radical (unpaired) electrons. The Morgan fingerprint density at radius 2 is 1.94 bits per heavy atom. The first kappa shape index (κ1) is 14.3. The van der Waals surface area contributed by atoms with Gasteiger partial charge in [0.15, 0.2) is 0 Å². The van der Waals surface area contributed by atoms with Crippen molar-refractivity contribution in [2.24, 2.45) is 0 Å². The van der Waals surface area contributed by atoms with Gasteiger partial charge >= 0.3 is 12.2 Å². The zero-order valence-electron chi connectivity index (χ0n) is 8.24. The molecule has 0 aliphatic rings. The molecule has 0 aliphatic heterocycles. The van der Waals surface area contributed by atoms with Crippen molar-refractivity contribution in [1.29, 1.82) is 0 Å². The molecule has 0 bridgehead atoms. The molecule has 0 aromatic heterocycles. The Balaban J connectivity index is 2.57. The van der Waals surface area contributed by atoms with Crippen molar-refractivity contribution >= 4 is 43.6 Å². The van der Waals surface area contributed by atoms with Crippen molar-refractivity contribution in [3.63, 3.8) is 0 Å². The molecule has 2 amide bonds. The lowest BCUT2D eigenvalue weighted by Crippen LogP contribution is -2.36. The van der Waals surface area contributed by atoms with Crippen molar-refractivity contribution in [2.75, 3.05) is 11.9 Å². The summed E-state index contributed by atoms with van der Waals surface area (Å²) in [4.78, 5) is 11.1. The number of halogens is 5. The Kier molecular flexibility index (Phi) is 4.81. The van der Waals surface area contributed by atoms with E-state index in [9.17, 15) is 18.0 Å². The van der Waals surface area contributed by atoms with Gasteiger partial charge in [0.05, 0.1) is 5.69 Å². The SMILES string of the molecule is O=C(NCC(F)(F)F)Nc1ccc(Br)cc1Br. The van der Waals surface area contributed by atoms with E-state index in [0.29, 0.717) is 10.2 Å². The van der Waals surface area contributed by atoms with Gasteiger partial charge in [-0.15, -0.1) is 0 Å². The first-order valence-electron chi connectivity index (χ1n) is 4.34. The maximum Gasteiger partial charge on any atom is 0.405 e. The average molecular weight is 376 g/mol. The summed E-state index contributed by atoms with van der Waals surface area (Å²) < 4.78 is 36.8. The summed E-state index contributed by atoms with van der Waals surface area (Å²) in [6.45, 7) is -1.37. The summed E-state index contributed by atoms with van der Waals surface area (Å²) in [5, 5.41) is 4.00. The highest BCUT2D eigenvalue weighted by Crippen LogP contribution is 2.26. The Bertz CT molecular complexity index is 423. The minimum Gasteiger partial charge on any atom is -0.329 e. The smallest absolute Gasteiger partial charge is 0.329 e. The first-order valence-corrected chi connectivity index (χ1v) is 5.93. The third-order valence-electron chi connectivity index (χ3n) is 1.63. The molecule has 0 saturated carbocycles. The van der Waals surface area contributed by atoms with Gasteiger partial charge in [-0.1, -0.05) is 15.9 Å².